The van der Waals surface area contributed by atoms with Crippen molar-refractivity contribution in [2.24, 2.45) is 0 Å². The van der Waals surface area contributed by atoms with E-state index in [1.807, 2.05) is 0 Å². The second kappa shape index (κ2) is 8.40. The Morgan fingerprint density at radius 2 is 1.70 bits per heavy atom. The van der Waals surface area contributed by atoms with Crippen molar-refractivity contribution in [2.45, 2.75) is 39.3 Å². The summed E-state index contributed by atoms with van der Waals surface area (Å²) in [5, 5.41) is 3.34. The number of rotatable bonds is 9. The van der Waals surface area contributed by atoms with Crippen molar-refractivity contribution in [1.82, 2.24) is 10.2 Å². The van der Waals surface area contributed by atoms with Gasteiger partial charge >= 0.3 is 0 Å². The molecule has 0 bridgehead atoms. The topological polar surface area (TPSA) is 24.5 Å². The molecule has 0 saturated carbocycles. The van der Waals surface area contributed by atoms with Gasteiger partial charge in [-0.2, -0.15) is 0 Å². The summed E-state index contributed by atoms with van der Waals surface area (Å²) in [7, 11) is 4.17. The summed E-state index contributed by atoms with van der Waals surface area (Å²) in [6, 6.07) is 8.74. The standard InChI is InChI=1S/C17H30N2O/c1-6-18-12-11-15-7-9-16(10-8-15)13-20-14-17(2,3)19(4)5/h7-10,18H,6,11-14H2,1-5H3. The van der Waals surface area contributed by atoms with Crippen LogP contribution in [0.15, 0.2) is 24.3 Å². The predicted molar refractivity (Wildman–Crippen MR) is 86.1 cm³/mol. The monoisotopic (exact) mass is 278 g/mol. The molecule has 0 atom stereocenters. The summed E-state index contributed by atoms with van der Waals surface area (Å²) in [5.74, 6) is 0. The lowest BCUT2D eigenvalue weighted by Crippen LogP contribution is -2.42. The van der Waals surface area contributed by atoms with Crippen LogP contribution in [-0.2, 0) is 17.8 Å². The Bertz CT molecular complexity index is 371. The lowest BCUT2D eigenvalue weighted by molar-refractivity contribution is 0.0275. The fourth-order valence-corrected chi connectivity index (χ4v) is 1.76. The Morgan fingerprint density at radius 3 is 2.25 bits per heavy atom. The van der Waals surface area contributed by atoms with Gasteiger partial charge in [0.1, 0.15) is 0 Å². The van der Waals surface area contributed by atoms with Crippen LogP contribution in [0.2, 0.25) is 0 Å². The molecule has 0 unspecified atom stereocenters. The molecule has 114 valence electrons. The Hall–Kier alpha value is -0.900. The van der Waals surface area contributed by atoms with E-state index in [9.17, 15) is 0 Å². The molecule has 0 amide bonds. The average molecular weight is 278 g/mol. The third kappa shape index (κ3) is 6.04. The van der Waals surface area contributed by atoms with Crippen LogP contribution in [0.5, 0.6) is 0 Å². The van der Waals surface area contributed by atoms with Crippen molar-refractivity contribution in [2.75, 3.05) is 33.8 Å². The minimum Gasteiger partial charge on any atom is -0.375 e. The summed E-state index contributed by atoms with van der Waals surface area (Å²) in [5.41, 5.74) is 2.70. The van der Waals surface area contributed by atoms with Gasteiger partial charge in [0.25, 0.3) is 0 Å². The van der Waals surface area contributed by atoms with E-state index >= 15 is 0 Å². The van der Waals surface area contributed by atoms with E-state index in [0.717, 1.165) is 26.1 Å². The SMILES string of the molecule is CCNCCc1ccc(COCC(C)(C)N(C)C)cc1. The highest BCUT2D eigenvalue weighted by Crippen LogP contribution is 2.12. The highest BCUT2D eigenvalue weighted by molar-refractivity contribution is 5.22. The lowest BCUT2D eigenvalue weighted by Gasteiger charge is -2.32. The second-order valence-corrected chi connectivity index (χ2v) is 6.12. The van der Waals surface area contributed by atoms with Crippen LogP contribution >= 0.6 is 0 Å². The van der Waals surface area contributed by atoms with Crippen LogP contribution < -0.4 is 5.32 Å². The molecule has 0 spiro atoms. The van der Waals surface area contributed by atoms with E-state index in [4.69, 9.17) is 4.74 Å². The van der Waals surface area contributed by atoms with Gasteiger partial charge in [0, 0.05) is 5.54 Å². The van der Waals surface area contributed by atoms with Gasteiger partial charge in [-0.3, -0.25) is 0 Å². The normalized spacial score (nSPS) is 12.1. The van der Waals surface area contributed by atoms with Crippen LogP contribution in [0.3, 0.4) is 0 Å². The van der Waals surface area contributed by atoms with E-state index in [1.165, 1.54) is 11.1 Å². The molecule has 1 rings (SSSR count). The molecule has 0 aromatic heterocycles. The maximum atomic E-state index is 5.83. The van der Waals surface area contributed by atoms with Gasteiger partial charge in [0.2, 0.25) is 0 Å². The molecule has 1 aromatic carbocycles. The largest absolute Gasteiger partial charge is 0.375 e. The minimum atomic E-state index is 0.0752. The molecule has 20 heavy (non-hydrogen) atoms. The van der Waals surface area contributed by atoms with Gasteiger partial charge in [0.15, 0.2) is 0 Å². The molecule has 1 N–H and O–H groups in total. The molecule has 0 aliphatic heterocycles. The fourth-order valence-electron chi connectivity index (χ4n) is 1.76. The summed E-state index contributed by atoms with van der Waals surface area (Å²) in [6.07, 6.45) is 1.09. The first-order valence-corrected chi connectivity index (χ1v) is 7.49. The van der Waals surface area contributed by atoms with Crippen LogP contribution in [-0.4, -0.2) is 44.2 Å². The summed E-state index contributed by atoms with van der Waals surface area (Å²) >= 11 is 0. The van der Waals surface area contributed by atoms with Gasteiger partial charge in [-0.25, -0.2) is 0 Å². The molecule has 0 aliphatic carbocycles. The molecule has 1 aromatic rings. The molecule has 0 radical (unpaired) electrons. The highest BCUT2D eigenvalue weighted by Gasteiger charge is 2.20. The molecule has 0 aliphatic rings. The number of ether oxygens (including phenoxy) is 1. The Kier molecular flexibility index (Phi) is 7.20. The number of hydrogen-bond donors (Lipinski definition) is 1. The minimum absolute atomic E-state index is 0.0752. The molecule has 0 saturated heterocycles. The number of likely N-dealkylation sites (N-methyl/N-ethyl adjacent to an activating group) is 2. The van der Waals surface area contributed by atoms with Crippen molar-refractivity contribution in [3.8, 4) is 0 Å². The maximum Gasteiger partial charge on any atom is 0.0717 e. The van der Waals surface area contributed by atoms with E-state index in [1.54, 1.807) is 0 Å². The van der Waals surface area contributed by atoms with Crippen LogP contribution in [0.25, 0.3) is 0 Å². The number of benzene rings is 1. The second-order valence-electron chi connectivity index (χ2n) is 6.12. The molecule has 0 fully saturated rings. The van der Waals surface area contributed by atoms with E-state index in [2.05, 4.69) is 69.3 Å². The maximum absolute atomic E-state index is 5.83. The third-order valence-electron chi connectivity index (χ3n) is 3.80. The van der Waals surface area contributed by atoms with E-state index < -0.39 is 0 Å². The summed E-state index contributed by atoms with van der Waals surface area (Å²) in [4.78, 5) is 2.19. The van der Waals surface area contributed by atoms with E-state index in [0.29, 0.717) is 6.61 Å². The number of nitrogens with zero attached hydrogens (tertiary/aromatic N) is 1. The van der Waals surface area contributed by atoms with Crippen molar-refractivity contribution in [1.29, 1.82) is 0 Å². The predicted octanol–water partition coefficient (Wildman–Crippen LogP) is 2.70. The van der Waals surface area contributed by atoms with Crippen LogP contribution in [0.4, 0.5) is 0 Å². The first-order valence-electron chi connectivity index (χ1n) is 7.49. The van der Waals surface area contributed by atoms with Crippen molar-refractivity contribution in [3.63, 3.8) is 0 Å². The molecular weight excluding hydrogens is 248 g/mol. The first-order chi connectivity index (χ1) is 9.45. The van der Waals surface area contributed by atoms with Gasteiger partial charge in [-0.1, -0.05) is 31.2 Å². The lowest BCUT2D eigenvalue weighted by atomic mass is 10.1. The summed E-state index contributed by atoms with van der Waals surface area (Å²) < 4.78 is 5.83. The van der Waals surface area contributed by atoms with Crippen LogP contribution in [0.1, 0.15) is 31.9 Å². The Labute approximate surface area is 124 Å². The third-order valence-corrected chi connectivity index (χ3v) is 3.80. The van der Waals surface area contributed by atoms with Crippen LogP contribution in [0, 0.1) is 0 Å². The zero-order valence-electron chi connectivity index (χ0n) is 13.7. The van der Waals surface area contributed by atoms with Crippen molar-refractivity contribution < 1.29 is 4.74 Å². The van der Waals surface area contributed by atoms with Gasteiger partial charge in [0.05, 0.1) is 13.2 Å². The quantitative estimate of drug-likeness (QED) is 0.703. The zero-order valence-corrected chi connectivity index (χ0v) is 13.7. The fraction of sp³-hybridized carbons (Fsp3) is 0.647. The molecule has 3 heteroatoms. The van der Waals surface area contributed by atoms with Gasteiger partial charge in [-0.15, -0.1) is 0 Å². The average Bonchev–Trinajstić information content (AvgIpc) is 2.40. The molecular formula is C17H30N2O. The smallest absolute Gasteiger partial charge is 0.0717 e. The highest BCUT2D eigenvalue weighted by atomic mass is 16.5. The van der Waals surface area contributed by atoms with E-state index in [-0.39, 0.29) is 5.54 Å². The van der Waals surface area contributed by atoms with Crippen molar-refractivity contribution in [3.05, 3.63) is 35.4 Å². The van der Waals surface area contributed by atoms with Gasteiger partial charge < -0.3 is 15.0 Å². The van der Waals surface area contributed by atoms with Gasteiger partial charge in [-0.05, 0) is 58.6 Å². The molecule has 3 nitrogen and oxygen atoms in total. The Balaban J connectivity index is 2.35. The number of nitrogens with one attached hydrogen (secondary N) is 1. The zero-order chi connectivity index (χ0) is 15.0. The molecule has 0 heterocycles. The Morgan fingerprint density at radius 1 is 1.10 bits per heavy atom. The summed E-state index contributed by atoms with van der Waals surface area (Å²) in [6.45, 7) is 10.0. The van der Waals surface area contributed by atoms with Crippen molar-refractivity contribution >= 4 is 0 Å². The number of hydrogen-bond acceptors (Lipinski definition) is 3. The first kappa shape index (κ1) is 17.2.